The molecule has 2 aliphatic rings. The molecule has 0 spiro atoms. The van der Waals surface area contributed by atoms with Gasteiger partial charge in [-0.2, -0.15) is 0 Å². The van der Waals surface area contributed by atoms with Gasteiger partial charge in [0, 0.05) is 25.3 Å². The Morgan fingerprint density at radius 1 is 1.33 bits per heavy atom. The zero-order chi connectivity index (χ0) is 15.3. The quantitative estimate of drug-likeness (QED) is 0.781. The van der Waals surface area contributed by atoms with E-state index >= 15 is 0 Å². The van der Waals surface area contributed by atoms with Crippen LogP contribution in [0.5, 0.6) is 0 Å². The van der Waals surface area contributed by atoms with Crippen LogP contribution in [-0.2, 0) is 14.3 Å². The van der Waals surface area contributed by atoms with Crippen LogP contribution >= 0.6 is 0 Å². The van der Waals surface area contributed by atoms with Gasteiger partial charge >= 0.3 is 5.97 Å². The molecular weight excluding hydrogens is 268 g/mol. The van der Waals surface area contributed by atoms with Gasteiger partial charge in [-0.1, -0.05) is 6.92 Å². The molecule has 0 bridgehead atoms. The van der Waals surface area contributed by atoms with Gasteiger partial charge in [-0.05, 0) is 52.1 Å². The number of likely N-dealkylation sites (N-methyl/N-ethyl adjacent to an activating group) is 1. The van der Waals surface area contributed by atoms with Gasteiger partial charge in [0.25, 0.3) is 0 Å². The zero-order valence-electron chi connectivity index (χ0n) is 13.7. The number of nitrogens with one attached hydrogen (secondary N) is 1. The molecule has 1 aliphatic heterocycles. The Balaban J connectivity index is 2.05. The maximum absolute atomic E-state index is 12.3. The first kappa shape index (κ1) is 16.7. The van der Waals surface area contributed by atoms with E-state index in [-0.39, 0.29) is 5.97 Å². The highest BCUT2D eigenvalue weighted by molar-refractivity contribution is 5.81. The number of ether oxygens (including phenoxy) is 2. The van der Waals surface area contributed by atoms with Gasteiger partial charge in [0.05, 0.1) is 7.11 Å². The van der Waals surface area contributed by atoms with Crippen LogP contribution in [-0.4, -0.2) is 62.4 Å². The highest BCUT2D eigenvalue weighted by Gasteiger charge is 2.44. The molecule has 2 atom stereocenters. The number of hydrogen-bond donors (Lipinski definition) is 1. The minimum absolute atomic E-state index is 0.102. The smallest absolute Gasteiger partial charge is 0.326 e. The number of esters is 1. The van der Waals surface area contributed by atoms with E-state index in [0.29, 0.717) is 12.1 Å². The third-order valence-corrected chi connectivity index (χ3v) is 5.16. The van der Waals surface area contributed by atoms with Gasteiger partial charge in [-0.25, -0.2) is 0 Å². The Labute approximate surface area is 128 Å². The molecule has 1 saturated carbocycles. The van der Waals surface area contributed by atoms with E-state index < -0.39 is 5.54 Å². The summed E-state index contributed by atoms with van der Waals surface area (Å²) < 4.78 is 10.5. The summed E-state index contributed by atoms with van der Waals surface area (Å²) in [5, 5.41) is 3.41. The summed E-state index contributed by atoms with van der Waals surface area (Å²) in [6.45, 7) is 4.56. The van der Waals surface area contributed by atoms with Crippen LogP contribution in [0.25, 0.3) is 0 Å². The van der Waals surface area contributed by atoms with Gasteiger partial charge in [0.2, 0.25) is 0 Å². The molecule has 1 N–H and O–H groups in total. The molecule has 5 heteroatoms. The van der Waals surface area contributed by atoms with Crippen molar-refractivity contribution >= 4 is 5.97 Å². The highest BCUT2D eigenvalue weighted by atomic mass is 16.5. The van der Waals surface area contributed by atoms with Crippen molar-refractivity contribution in [1.82, 2.24) is 10.2 Å². The monoisotopic (exact) mass is 298 g/mol. The maximum Gasteiger partial charge on any atom is 0.326 e. The summed E-state index contributed by atoms with van der Waals surface area (Å²) in [7, 11) is 3.70. The number of methoxy groups -OCH3 is 1. The van der Waals surface area contributed by atoms with Crippen molar-refractivity contribution in [3.63, 3.8) is 0 Å². The van der Waals surface area contributed by atoms with E-state index in [1.807, 2.05) is 0 Å². The molecule has 0 aromatic rings. The standard InChI is InChI=1S/C16H30N2O3/c1-4-17-16(15(19)20-3)9-5-6-14(12-16)18(2)13-7-10-21-11-8-13/h13-14,17H,4-12H2,1-3H3. The van der Waals surface area contributed by atoms with Crippen molar-refractivity contribution in [2.75, 3.05) is 33.9 Å². The van der Waals surface area contributed by atoms with E-state index in [2.05, 4.69) is 24.2 Å². The van der Waals surface area contributed by atoms with Crippen molar-refractivity contribution in [1.29, 1.82) is 0 Å². The lowest BCUT2D eigenvalue weighted by Crippen LogP contribution is -2.59. The molecule has 2 unspecified atom stereocenters. The average molecular weight is 298 g/mol. The molecule has 5 nitrogen and oxygen atoms in total. The second kappa shape index (κ2) is 7.56. The molecule has 1 heterocycles. The average Bonchev–Trinajstić information content (AvgIpc) is 2.54. The van der Waals surface area contributed by atoms with Gasteiger partial charge in [-0.15, -0.1) is 0 Å². The lowest BCUT2D eigenvalue weighted by atomic mass is 9.77. The minimum atomic E-state index is -0.494. The molecule has 2 rings (SSSR count). The van der Waals surface area contributed by atoms with E-state index in [0.717, 1.165) is 58.3 Å². The molecule has 0 radical (unpaired) electrons. The predicted octanol–water partition coefficient (Wildman–Crippen LogP) is 1.56. The molecular formula is C16H30N2O3. The van der Waals surface area contributed by atoms with Gasteiger partial charge in [0.15, 0.2) is 0 Å². The SMILES string of the molecule is CCNC1(C(=O)OC)CCCC(N(C)C2CCOCC2)C1. The Kier molecular flexibility index (Phi) is 6.02. The molecule has 1 saturated heterocycles. The van der Waals surface area contributed by atoms with Crippen LogP contribution in [0.15, 0.2) is 0 Å². The second-order valence-corrected chi connectivity index (χ2v) is 6.36. The van der Waals surface area contributed by atoms with Crippen LogP contribution in [0.3, 0.4) is 0 Å². The van der Waals surface area contributed by atoms with Crippen molar-refractivity contribution in [3.05, 3.63) is 0 Å². The zero-order valence-corrected chi connectivity index (χ0v) is 13.7. The second-order valence-electron chi connectivity index (χ2n) is 6.36. The van der Waals surface area contributed by atoms with Gasteiger partial charge in [0.1, 0.15) is 5.54 Å². The highest BCUT2D eigenvalue weighted by Crippen LogP contribution is 2.33. The summed E-state index contributed by atoms with van der Waals surface area (Å²) in [6.07, 6.45) is 6.16. The van der Waals surface area contributed by atoms with Crippen molar-refractivity contribution < 1.29 is 14.3 Å². The van der Waals surface area contributed by atoms with E-state index in [1.54, 1.807) is 0 Å². The van der Waals surface area contributed by atoms with Crippen LogP contribution < -0.4 is 5.32 Å². The lowest BCUT2D eigenvalue weighted by Gasteiger charge is -2.45. The first-order valence-corrected chi connectivity index (χ1v) is 8.26. The number of carbonyl (C=O) groups excluding carboxylic acids is 1. The third kappa shape index (κ3) is 3.76. The van der Waals surface area contributed by atoms with E-state index in [1.165, 1.54) is 7.11 Å². The number of rotatable bonds is 5. The molecule has 21 heavy (non-hydrogen) atoms. The minimum Gasteiger partial charge on any atom is -0.468 e. The summed E-state index contributed by atoms with van der Waals surface area (Å²) in [4.78, 5) is 14.8. The largest absolute Gasteiger partial charge is 0.468 e. The molecule has 122 valence electrons. The topological polar surface area (TPSA) is 50.8 Å². The van der Waals surface area contributed by atoms with Crippen molar-refractivity contribution in [2.45, 2.75) is 63.1 Å². The summed E-state index contributed by atoms with van der Waals surface area (Å²) in [5.41, 5.74) is -0.494. The first-order chi connectivity index (χ1) is 10.1. The van der Waals surface area contributed by atoms with Crippen molar-refractivity contribution in [2.24, 2.45) is 0 Å². The van der Waals surface area contributed by atoms with Crippen LogP contribution in [0, 0.1) is 0 Å². The molecule has 0 aromatic carbocycles. The van der Waals surface area contributed by atoms with Gasteiger partial charge in [-0.3, -0.25) is 4.79 Å². The summed E-state index contributed by atoms with van der Waals surface area (Å²) in [6, 6.07) is 1.03. The number of nitrogens with zero attached hydrogens (tertiary/aromatic N) is 1. The fraction of sp³-hybridized carbons (Fsp3) is 0.938. The van der Waals surface area contributed by atoms with Crippen LogP contribution in [0.1, 0.15) is 45.4 Å². The summed E-state index contributed by atoms with van der Waals surface area (Å²) >= 11 is 0. The lowest BCUT2D eigenvalue weighted by molar-refractivity contribution is -0.151. The van der Waals surface area contributed by atoms with Crippen LogP contribution in [0.2, 0.25) is 0 Å². The fourth-order valence-electron chi connectivity index (χ4n) is 3.94. The van der Waals surface area contributed by atoms with E-state index in [9.17, 15) is 4.79 Å². The molecule has 0 amide bonds. The predicted molar refractivity (Wildman–Crippen MR) is 82.3 cm³/mol. The van der Waals surface area contributed by atoms with E-state index in [4.69, 9.17) is 9.47 Å². The first-order valence-electron chi connectivity index (χ1n) is 8.26. The maximum atomic E-state index is 12.3. The third-order valence-electron chi connectivity index (χ3n) is 5.16. The number of hydrogen-bond acceptors (Lipinski definition) is 5. The molecule has 2 fully saturated rings. The fourth-order valence-corrected chi connectivity index (χ4v) is 3.94. The normalized spacial score (nSPS) is 31.3. The molecule has 1 aliphatic carbocycles. The Hall–Kier alpha value is -0.650. The van der Waals surface area contributed by atoms with Crippen molar-refractivity contribution in [3.8, 4) is 0 Å². The van der Waals surface area contributed by atoms with Crippen LogP contribution in [0.4, 0.5) is 0 Å². The van der Waals surface area contributed by atoms with Gasteiger partial charge < -0.3 is 19.7 Å². The Morgan fingerprint density at radius 3 is 2.67 bits per heavy atom. The number of carbonyl (C=O) groups is 1. The Morgan fingerprint density at radius 2 is 2.05 bits per heavy atom. The molecule has 0 aromatic heterocycles. The Bertz CT molecular complexity index is 340. The summed E-state index contributed by atoms with van der Waals surface area (Å²) in [5.74, 6) is -0.102.